The third kappa shape index (κ3) is 3.10. The number of nitrogens with zero attached hydrogens (tertiary/aromatic N) is 4. The third-order valence-electron chi connectivity index (χ3n) is 2.82. The Balaban J connectivity index is 2.19. The fourth-order valence-electron chi connectivity index (χ4n) is 1.75. The number of halogens is 3. The van der Waals surface area contributed by atoms with Crippen molar-refractivity contribution in [2.45, 2.75) is 25.6 Å². The Morgan fingerprint density at radius 2 is 2.19 bits per heavy atom. The number of aryl methyl sites for hydroxylation is 1. The number of carbonyl (C=O) groups excluding carboxylic acids is 1. The summed E-state index contributed by atoms with van der Waals surface area (Å²) in [6, 6.07) is 0. The summed E-state index contributed by atoms with van der Waals surface area (Å²) >= 11 is 0. The summed E-state index contributed by atoms with van der Waals surface area (Å²) in [5.41, 5.74) is 0.557. The number of aromatic nitrogens is 4. The average molecular weight is 303 g/mol. The van der Waals surface area contributed by atoms with Crippen molar-refractivity contribution in [2.24, 2.45) is 0 Å². The molecule has 0 saturated heterocycles. The van der Waals surface area contributed by atoms with Crippen molar-refractivity contribution in [2.75, 3.05) is 6.54 Å². The van der Waals surface area contributed by atoms with Crippen LogP contribution >= 0.6 is 0 Å². The first-order valence-electron chi connectivity index (χ1n) is 6.05. The molecule has 1 atom stereocenters. The van der Waals surface area contributed by atoms with Gasteiger partial charge in [0.25, 0.3) is 11.7 Å². The van der Waals surface area contributed by atoms with Gasteiger partial charge in [0.2, 0.25) is 0 Å². The van der Waals surface area contributed by atoms with E-state index in [1.54, 1.807) is 6.92 Å². The quantitative estimate of drug-likeness (QED) is 0.849. The molecule has 10 heteroatoms. The summed E-state index contributed by atoms with van der Waals surface area (Å²) in [7, 11) is 0. The number of alkyl halides is 3. The molecule has 2 N–H and O–H groups in total. The fourth-order valence-corrected chi connectivity index (χ4v) is 1.75. The van der Waals surface area contributed by atoms with Crippen molar-refractivity contribution in [1.29, 1.82) is 0 Å². The number of amides is 1. The lowest BCUT2D eigenvalue weighted by Crippen LogP contribution is -2.41. The molecule has 0 radical (unpaired) electrons. The maximum absolute atomic E-state index is 12.2. The van der Waals surface area contributed by atoms with Crippen molar-refractivity contribution < 1.29 is 23.1 Å². The lowest BCUT2D eigenvalue weighted by atomic mass is 10.1. The number of nitrogens with one attached hydrogen (secondary N) is 1. The van der Waals surface area contributed by atoms with Crippen LogP contribution in [0.15, 0.2) is 12.5 Å². The lowest BCUT2D eigenvalue weighted by Gasteiger charge is -2.15. The SMILES string of the molecule is CCc1c(C(=O)NCC(O)C(F)(F)F)cnc2ncnn12. The monoisotopic (exact) mass is 303 g/mol. The highest BCUT2D eigenvalue weighted by Crippen LogP contribution is 2.19. The van der Waals surface area contributed by atoms with Crippen LogP contribution in [0.5, 0.6) is 0 Å². The van der Waals surface area contributed by atoms with Gasteiger partial charge in [-0.15, -0.1) is 0 Å². The van der Waals surface area contributed by atoms with Crippen LogP contribution in [0.3, 0.4) is 0 Å². The highest BCUT2D eigenvalue weighted by atomic mass is 19.4. The number of aliphatic hydroxyl groups excluding tert-OH is 1. The molecule has 0 spiro atoms. The molecule has 1 amide bonds. The van der Waals surface area contributed by atoms with Gasteiger partial charge in [-0.3, -0.25) is 4.79 Å². The Hall–Kier alpha value is -2.23. The number of carbonyl (C=O) groups is 1. The van der Waals surface area contributed by atoms with Crippen molar-refractivity contribution in [1.82, 2.24) is 24.9 Å². The lowest BCUT2D eigenvalue weighted by molar-refractivity contribution is -0.201. The van der Waals surface area contributed by atoms with Gasteiger partial charge in [-0.1, -0.05) is 6.92 Å². The molecule has 0 aromatic carbocycles. The van der Waals surface area contributed by atoms with E-state index in [2.05, 4.69) is 15.1 Å². The predicted octanol–water partition coefficient (Wildman–Crippen LogP) is 0.340. The number of rotatable bonds is 4. The van der Waals surface area contributed by atoms with Crippen LogP contribution in [-0.2, 0) is 6.42 Å². The van der Waals surface area contributed by atoms with Gasteiger partial charge < -0.3 is 10.4 Å². The van der Waals surface area contributed by atoms with Gasteiger partial charge in [0.15, 0.2) is 6.10 Å². The molecule has 0 fully saturated rings. The molecule has 1 unspecified atom stereocenters. The Morgan fingerprint density at radius 3 is 2.81 bits per heavy atom. The van der Waals surface area contributed by atoms with Gasteiger partial charge in [0, 0.05) is 6.20 Å². The molecule has 2 aromatic heterocycles. The summed E-state index contributed by atoms with van der Waals surface area (Å²) in [5.74, 6) is -0.473. The highest BCUT2D eigenvalue weighted by Gasteiger charge is 2.38. The second-order valence-corrected chi connectivity index (χ2v) is 4.21. The van der Waals surface area contributed by atoms with E-state index in [1.165, 1.54) is 17.0 Å². The van der Waals surface area contributed by atoms with Gasteiger partial charge >= 0.3 is 6.18 Å². The molecule has 0 aliphatic heterocycles. The zero-order valence-electron chi connectivity index (χ0n) is 10.9. The van der Waals surface area contributed by atoms with Crippen molar-refractivity contribution in [3.8, 4) is 0 Å². The molecule has 0 bridgehead atoms. The van der Waals surface area contributed by atoms with Gasteiger partial charge in [-0.05, 0) is 6.42 Å². The summed E-state index contributed by atoms with van der Waals surface area (Å²) in [6.45, 7) is 0.832. The first kappa shape index (κ1) is 15.2. The van der Waals surface area contributed by atoms with Gasteiger partial charge in [-0.2, -0.15) is 23.3 Å². The second-order valence-electron chi connectivity index (χ2n) is 4.21. The van der Waals surface area contributed by atoms with Crippen molar-refractivity contribution in [3.05, 3.63) is 23.8 Å². The van der Waals surface area contributed by atoms with Crippen LogP contribution in [0.25, 0.3) is 5.78 Å². The molecule has 0 saturated carbocycles. The van der Waals surface area contributed by atoms with E-state index < -0.39 is 24.7 Å². The molecule has 2 rings (SSSR count). The molecular weight excluding hydrogens is 291 g/mol. The van der Waals surface area contributed by atoms with Crippen LogP contribution in [-0.4, -0.2) is 49.4 Å². The minimum absolute atomic E-state index is 0.0878. The van der Waals surface area contributed by atoms with Crippen LogP contribution in [0.4, 0.5) is 13.2 Å². The van der Waals surface area contributed by atoms with E-state index in [0.717, 1.165) is 0 Å². The normalized spacial score (nSPS) is 13.4. The third-order valence-corrected chi connectivity index (χ3v) is 2.82. The minimum atomic E-state index is -4.78. The number of hydrogen-bond donors (Lipinski definition) is 2. The number of hydrogen-bond acceptors (Lipinski definition) is 5. The topological polar surface area (TPSA) is 92.4 Å². The summed E-state index contributed by atoms with van der Waals surface area (Å²) < 4.78 is 37.9. The van der Waals surface area contributed by atoms with E-state index >= 15 is 0 Å². The zero-order valence-corrected chi connectivity index (χ0v) is 10.9. The standard InChI is InChI=1S/C11H12F3N5O2/c1-2-7-6(3-16-10-17-5-18-19(7)10)9(21)15-4-8(20)11(12,13)14/h3,5,8,20H,2,4H2,1H3,(H,15,21). The van der Waals surface area contributed by atoms with Crippen LogP contribution < -0.4 is 5.32 Å². The Bertz CT molecular complexity index is 655. The van der Waals surface area contributed by atoms with E-state index in [9.17, 15) is 18.0 Å². The largest absolute Gasteiger partial charge is 0.416 e. The summed E-state index contributed by atoms with van der Waals surface area (Å²) in [4.78, 5) is 19.7. The van der Waals surface area contributed by atoms with Crippen LogP contribution in [0, 0.1) is 0 Å². The maximum atomic E-state index is 12.2. The Labute approximate surface area is 116 Å². The van der Waals surface area contributed by atoms with Crippen molar-refractivity contribution >= 4 is 11.7 Å². The predicted molar refractivity (Wildman–Crippen MR) is 64.6 cm³/mol. The molecular formula is C11H12F3N5O2. The Morgan fingerprint density at radius 1 is 1.48 bits per heavy atom. The molecule has 2 aromatic rings. The van der Waals surface area contributed by atoms with Crippen molar-refractivity contribution in [3.63, 3.8) is 0 Å². The Kier molecular flexibility index (Phi) is 4.07. The van der Waals surface area contributed by atoms with Crippen LogP contribution in [0.2, 0.25) is 0 Å². The fraction of sp³-hybridized carbons (Fsp3) is 0.455. The van der Waals surface area contributed by atoms with Gasteiger partial charge in [-0.25, -0.2) is 9.50 Å². The van der Waals surface area contributed by atoms with E-state index in [4.69, 9.17) is 5.11 Å². The first-order chi connectivity index (χ1) is 9.84. The van der Waals surface area contributed by atoms with Crippen LogP contribution in [0.1, 0.15) is 23.0 Å². The van der Waals surface area contributed by atoms with Gasteiger partial charge in [0.05, 0.1) is 17.8 Å². The summed E-state index contributed by atoms with van der Waals surface area (Å²) in [5, 5.41) is 14.8. The molecule has 7 nitrogen and oxygen atoms in total. The second kappa shape index (κ2) is 5.64. The minimum Gasteiger partial charge on any atom is -0.382 e. The maximum Gasteiger partial charge on any atom is 0.416 e. The van der Waals surface area contributed by atoms with E-state index in [1.807, 2.05) is 5.32 Å². The van der Waals surface area contributed by atoms with E-state index in [-0.39, 0.29) is 5.56 Å². The number of fused-ring (bicyclic) bond motifs is 1. The highest BCUT2D eigenvalue weighted by molar-refractivity contribution is 5.95. The molecule has 2 heterocycles. The zero-order chi connectivity index (χ0) is 15.6. The van der Waals surface area contributed by atoms with E-state index in [0.29, 0.717) is 17.9 Å². The average Bonchev–Trinajstić information content (AvgIpc) is 2.90. The molecule has 21 heavy (non-hydrogen) atoms. The molecule has 0 aliphatic rings. The molecule has 114 valence electrons. The first-order valence-corrected chi connectivity index (χ1v) is 6.05. The smallest absolute Gasteiger partial charge is 0.382 e. The summed E-state index contributed by atoms with van der Waals surface area (Å²) in [6.07, 6.45) is -4.51. The van der Waals surface area contributed by atoms with Gasteiger partial charge in [0.1, 0.15) is 6.33 Å². The molecule has 0 aliphatic carbocycles. The number of aliphatic hydroxyl groups is 1.